The summed E-state index contributed by atoms with van der Waals surface area (Å²) in [7, 11) is 0. The van der Waals surface area contributed by atoms with E-state index in [1.807, 2.05) is 30.6 Å². The third kappa shape index (κ3) is 5.40. The molecule has 4 heterocycles. The smallest absolute Gasteiger partial charge is 0.146 e. The van der Waals surface area contributed by atoms with Crippen LogP contribution in [-0.2, 0) is 5.41 Å². The van der Waals surface area contributed by atoms with Gasteiger partial charge in [0.15, 0.2) is 0 Å². The third-order valence-electron chi connectivity index (χ3n) is 11.7. The van der Waals surface area contributed by atoms with E-state index >= 15 is 0 Å². The summed E-state index contributed by atoms with van der Waals surface area (Å²) in [4.78, 5) is 20.8. The summed E-state index contributed by atoms with van der Waals surface area (Å²) < 4.78 is 4.46. The Morgan fingerprint density at radius 3 is 1.46 bits per heavy atom. The molecule has 0 bridgehead atoms. The van der Waals surface area contributed by atoms with Crippen molar-refractivity contribution >= 4 is 27.6 Å². The number of rotatable bonds is 6. The first-order valence-corrected chi connectivity index (χ1v) is 19.6. The van der Waals surface area contributed by atoms with E-state index in [9.17, 15) is 0 Å². The number of hydrogen-bond donors (Lipinski definition) is 0. The Hall–Kier alpha value is -7.18. The second-order valence-corrected chi connectivity index (χ2v) is 15.5. The van der Waals surface area contributed by atoms with Gasteiger partial charge in [-0.25, -0.2) is 19.9 Å². The summed E-state index contributed by atoms with van der Waals surface area (Å²) >= 11 is 0. The molecule has 0 saturated heterocycles. The molecule has 4 aromatic heterocycles. The fourth-order valence-corrected chi connectivity index (χ4v) is 8.73. The fraction of sp³-hybridized carbons (Fsp3) is 0.0980. The van der Waals surface area contributed by atoms with E-state index in [0.717, 1.165) is 91.6 Å². The molecule has 0 atom stereocenters. The van der Waals surface area contributed by atoms with Crippen LogP contribution in [0.25, 0.3) is 84.0 Å². The Morgan fingerprint density at radius 2 is 0.982 bits per heavy atom. The molecule has 0 saturated carbocycles. The molecule has 272 valence electrons. The molecule has 11 rings (SSSR count). The van der Waals surface area contributed by atoms with Gasteiger partial charge in [0.1, 0.15) is 23.3 Å². The molecular formula is C51H38N6. The van der Waals surface area contributed by atoms with Crippen molar-refractivity contribution in [3.8, 4) is 56.4 Å². The number of aromatic nitrogens is 6. The maximum atomic E-state index is 5.36. The number of benzene rings is 5. The van der Waals surface area contributed by atoms with Gasteiger partial charge in [-0.1, -0.05) is 123 Å². The third-order valence-corrected chi connectivity index (χ3v) is 11.7. The number of nitrogens with zero attached hydrogens (tertiary/aromatic N) is 6. The minimum Gasteiger partial charge on any atom is -0.276 e. The summed E-state index contributed by atoms with van der Waals surface area (Å²) in [5.41, 5.74) is 15.2. The Balaban J connectivity index is 1.08. The maximum Gasteiger partial charge on any atom is 0.146 e. The maximum absolute atomic E-state index is 5.36. The van der Waals surface area contributed by atoms with Crippen LogP contribution in [0.4, 0.5) is 0 Å². The Labute approximate surface area is 331 Å². The first-order chi connectivity index (χ1) is 28.0. The first kappa shape index (κ1) is 33.2. The standard InChI is InChI=1S/C51H38N6/c1-51(2)41-29-45-43(54-49(35-19-11-5-12-20-35)56(45)47-25-23-37(31-52-47)33-15-7-3-8-16-33)27-39(41)40-28-44-46(30-42(40)51)57(50(55-44)36-21-13-6-14-22-36)48-26-24-38(32-53-48)34-17-9-4-10-18-34/h3-5,7-13,15-32H,6,14H2,1-2H3. The normalized spacial score (nSPS) is 14.2. The van der Waals surface area contributed by atoms with Gasteiger partial charge in [0, 0.05) is 40.1 Å². The van der Waals surface area contributed by atoms with E-state index < -0.39 is 0 Å². The van der Waals surface area contributed by atoms with Crippen LogP contribution in [-0.4, -0.2) is 29.1 Å². The quantitative estimate of drug-likeness (QED) is 0.171. The lowest BCUT2D eigenvalue weighted by molar-refractivity contribution is 0.661. The van der Waals surface area contributed by atoms with Crippen molar-refractivity contribution in [3.63, 3.8) is 0 Å². The highest BCUT2D eigenvalue weighted by molar-refractivity contribution is 5.97. The highest BCUT2D eigenvalue weighted by Gasteiger charge is 2.38. The number of hydrogen-bond acceptors (Lipinski definition) is 4. The van der Waals surface area contributed by atoms with Crippen molar-refractivity contribution in [1.82, 2.24) is 29.1 Å². The van der Waals surface area contributed by atoms with Gasteiger partial charge in [-0.2, -0.15) is 0 Å². The van der Waals surface area contributed by atoms with Crippen LogP contribution in [0.1, 0.15) is 43.6 Å². The zero-order valence-corrected chi connectivity index (χ0v) is 31.8. The number of imidazole rings is 2. The van der Waals surface area contributed by atoms with Crippen molar-refractivity contribution in [2.45, 2.75) is 32.1 Å². The molecule has 0 aliphatic heterocycles. The summed E-state index contributed by atoms with van der Waals surface area (Å²) in [6, 6.07) is 49.0. The molecule has 6 heteroatoms. The van der Waals surface area contributed by atoms with Crippen LogP contribution >= 0.6 is 0 Å². The van der Waals surface area contributed by atoms with E-state index in [-0.39, 0.29) is 5.41 Å². The summed E-state index contributed by atoms with van der Waals surface area (Å²) in [6.45, 7) is 4.67. The zero-order chi connectivity index (χ0) is 38.1. The second kappa shape index (κ2) is 13.0. The van der Waals surface area contributed by atoms with Crippen molar-refractivity contribution in [1.29, 1.82) is 0 Å². The van der Waals surface area contributed by atoms with Crippen molar-refractivity contribution in [3.05, 3.63) is 187 Å². The molecule has 0 spiro atoms. The summed E-state index contributed by atoms with van der Waals surface area (Å²) in [6.07, 6.45) is 12.7. The van der Waals surface area contributed by atoms with Crippen molar-refractivity contribution in [2.24, 2.45) is 0 Å². The molecule has 5 aromatic carbocycles. The average Bonchev–Trinajstić information content (AvgIpc) is 3.91. The lowest BCUT2D eigenvalue weighted by Gasteiger charge is -2.22. The van der Waals surface area contributed by atoms with E-state index in [0.29, 0.717) is 0 Å². The molecule has 0 fully saturated rings. The number of pyridine rings is 2. The van der Waals surface area contributed by atoms with Gasteiger partial charge in [-0.3, -0.25) is 9.13 Å². The van der Waals surface area contributed by atoms with Crippen molar-refractivity contribution in [2.75, 3.05) is 0 Å². The van der Waals surface area contributed by atoms with E-state index in [1.54, 1.807) is 0 Å². The Bertz CT molecular complexity index is 3040. The number of allylic oxidation sites excluding steroid dienone is 4. The largest absolute Gasteiger partial charge is 0.276 e. The molecule has 2 aliphatic rings. The highest BCUT2D eigenvalue weighted by Crippen LogP contribution is 2.51. The zero-order valence-electron chi connectivity index (χ0n) is 31.8. The highest BCUT2D eigenvalue weighted by atomic mass is 15.1. The van der Waals surface area contributed by atoms with Crippen LogP contribution in [0.15, 0.2) is 170 Å². The minimum atomic E-state index is -0.302. The van der Waals surface area contributed by atoms with Gasteiger partial charge < -0.3 is 0 Å². The van der Waals surface area contributed by atoms with Crippen LogP contribution in [0.2, 0.25) is 0 Å². The predicted octanol–water partition coefficient (Wildman–Crippen LogP) is 12.2. The van der Waals surface area contributed by atoms with Gasteiger partial charge in [0.25, 0.3) is 0 Å². The number of fused-ring (bicyclic) bond motifs is 5. The van der Waals surface area contributed by atoms with Crippen LogP contribution in [0, 0.1) is 0 Å². The van der Waals surface area contributed by atoms with Crippen LogP contribution < -0.4 is 0 Å². The second-order valence-electron chi connectivity index (χ2n) is 15.5. The first-order valence-electron chi connectivity index (χ1n) is 19.6. The van der Waals surface area contributed by atoms with Crippen LogP contribution in [0.5, 0.6) is 0 Å². The van der Waals surface area contributed by atoms with E-state index in [1.165, 1.54) is 22.3 Å². The lowest BCUT2D eigenvalue weighted by atomic mass is 9.82. The fourth-order valence-electron chi connectivity index (χ4n) is 8.73. The lowest BCUT2D eigenvalue weighted by Crippen LogP contribution is -2.15. The van der Waals surface area contributed by atoms with Crippen molar-refractivity contribution < 1.29 is 0 Å². The van der Waals surface area contributed by atoms with Crippen LogP contribution in [0.3, 0.4) is 0 Å². The molecular weight excluding hydrogens is 697 g/mol. The molecule has 6 nitrogen and oxygen atoms in total. The molecule has 0 radical (unpaired) electrons. The summed E-state index contributed by atoms with van der Waals surface area (Å²) in [5, 5.41) is 0. The summed E-state index contributed by atoms with van der Waals surface area (Å²) in [5.74, 6) is 3.46. The molecule has 9 aromatic rings. The van der Waals surface area contributed by atoms with E-state index in [4.69, 9.17) is 19.9 Å². The van der Waals surface area contributed by atoms with Gasteiger partial charge in [0.05, 0.1) is 22.1 Å². The molecule has 2 aliphatic carbocycles. The van der Waals surface area contributed by atoms with Gasteiger partial charge in [-0.05, 0) is 94.8 Å². The van der Waals surface area contributed by atoms with Gasteiger partial charge in [0.2, 0.25) is 0 Å². The van der Waals surface area contributed by atoms with Gasteiger partial charge >= 0.3 is 0 Å². The van der Waals surface area contributed by atoms with E-state index in [2.05, 4.69) is 163 Å². The average molecular weight is 735 g/mol. The molecule has 0 N–H and O–H groups in total. The minimum absolute atomic E-state index is 0.302. The SMILES string of the molecule is CC1(C)c2cc3c(cc2-c2cc4nc(-c5ccccc5)n(-c5ccc(-c6ccccc6)cn5)c4cc21)nc(C1=CCCC=C1)n3-c1ccc(-c2ccccc2)cn1. The monoisotopic (exact) mass is 734 g/mol. The topological polar surface area (TPSA) is 61.4 Å². The molecule has 0 amide bonds. The Kier molecular flexibility index (Phi) is 7.54. The molecule has 57 heavy (non-hydrogen) atoms. The molecule has 0 unspecified atom stereocenters. The predicted molar refractivity (Wildman–Crippen MR) is 232 cm³/mol. The Morgan fingerprint density at radius 1 is 0.491 bits per heavy atom. The van der Waals surface area contributed by atoms with Gasteiger partial charge in [-0.15, -0.1) is 0 Å².